The maximum absolute atomic E-state index is 12.2. The number of amides is 2. The second-order valence-electron chi connectivity index (χ2n) is 5.62. The fourth-order valence-corrected chi connectivity index (χ4v) is 2.85. The van der Waals surface area contributed by atoms with E-state index in [1.54, 1.807) is 7.05 Å². The van der Waals surface area contributed by atoms with E-state index in [1.165, 1.54) is 4.90 Å². The van der Waals surface area contributed by atoms with E-state index in [9.17, 15) is 9.59 Å². The van der Waals surface area contributed by atoms with E-state index in [4.69, 9.17) is 0 Å². The average molecular weight is 290 g/mol. The van der Waals surface area contributed by atoms with E-state index in [0.29, 0.717) is 0 Å². The Hall–Kier alpha value is -1.88. The summed E-state index contributed by atoms with van der Waals surface area (Å²) in [6, 6.07) is 9.49. The van der Waals surface area contributed by atoms with Gasteiger partial charge >= 0.3 is 0 Å². The van der Waals surface area contributed by atoms with Gasteiger partial charge in [0.1, 0.15) is 0 Å². The molecule has 0 aromatic heterocycles. The molecule has 1 fully saturated rings. The summed E-state index contributed by atoms with van der Waals surface area (Å²) in [5.74, 6) is 0.205. The third-order valence-corrected chi connectivity index (χ3v) is 4.29. The first-order valence-electron chi connectivity index (χ1n) is 7.54. The highest BCUT2D eigenvalue weighted by atomic mass is 16.2. The van der Waals surface area contributed by atoms with Crippen molar-refractivity contribution in [1.82, 2.24) is 5.32 Å². The summed E-state index contributed by atoms with van der Waals surface area (Å²) >= 11 is 0. The number of carbonyl (C=O) groups excluding carboxylic acids is 2. The van der Waals surface area contributed by atoms with Gasteiger partial charge in [-0.2, -0.15) is 0 Å². The van der Waals surface area contributed by atoms with E-state index in [-0.39, 0.29) is 23.8 Å². The minimum Gasteiger partial charge on any atom is -0.354 e. The van der Waals surface area contributed by atoms with Crippen molar-refractivity contribution in [2.75, 3.05) is 25.5 Å². The highest BCUT2D eigenvalue weighted by molar-refractivity contribution is 5.92. The maximum atomic E-state index is 12.2. The van der Waals surface area contributed by atoms with E-state index in [1.807, 2.05) is 37.3 Å². The summed E-state index contributed by atoms with van der Waals surface area (Å²) in [6.45, 7) is 3.67. The number of rotatable bonds is 4. The Morgan fingerprint density at radius 2 is 1.81 bits per heavy atom. The van der Waals surface area contributed by atoms with Crippen LogP contribution in [-0.4, -0.2) is 38.0 Å². The van der Waals surface area contributed by atoms with Gasteiger partial charge in [-0.15, -0.1) is 0 Å². The zero-order valence-electron chi connectivity index (χ0n) is 12.7. The maximum Gasteiger partial charge on any atom is 0.277 e. The van der Waals surface area contributed by atoms with Crippen molar-refractivity contribution in [2.24, 2.45) is 5.92 Å². The van der Waals surface area contributed by atoms with E-state index >= 15 is 0 Å². The zero-order valence-corrected chi connectivity index (χ0v) is 12.7. The number of carbonyl (C=O) groups is 2. The Kier molecular flexibility index (Phi) is 5.33. The van der Waals surface area contributed by atoms with Crippen LogP contribution in [0.15, 0.2) is 30.3 Å². The molecular formula is C16H24N3O2+. The topological polar surface area (TPSA) is 62.6 Å². The Morgan fingerprint density at radius 1 is 1.19 bits per heavy atom. The molecule has 1 aliphatic rings. The first kappa shape index (κ1) is 15.5. The lowest BCUT2D eigenvalue weighted by molar-refractivity contribution is -0.919. The molecule has 0 unspecified atom stereocenters. The van der Waals surface area contributed by atoms with Crippen molar-refractivity contribution in [1.29, 1.82) is 0 Å². The van der Waals surface area contributed by atoms with Crippen LogP contribution in [0.3, 0.4) is 0 Å². The molecular weight excluding hydrogens is 266 g/mol. The van der Waals surface area contributed by atoms with Crippen LogP contribution in [0, 0.1) is 5.92 Å². The van der Waals surface area contributed by atoms with Crippen molar-refractivity contribution < 1.29 is 14.5 Å². The normalized spacial score (nSPS) is 23.1. The number of quaternary nitrogens is 1. The second kappa shape index (κ2) is 7.22. The van der Waals surface area contributed by atoms with Gasteiger partial charge in [0.15, 0.2) is 6.04 Å². The molecule has 3 N–H and O–H groups in total. The lowest BCUT2D eigenvalue weighted by Crippen LogP contribution is -3.17. The number of anilines is 1. The fraction of sp³-hybridized carbons (Fsp3) is 0.500. The van der Waals surface area contributed by atoms with Crippen molar-refractivity contribution in [3.63, 3.8) is 0 Å². The quantitative estimate of drug-likeness (QED) is 0.734. The Bertz CT molecular complexity index is 482. The second-order valence-corrected chi connectivity index (χ2v) is 5.62. The lowest BCUT2D eigenvalue weighted by Gasteiger charge is -2.31. The summed E-state index contributed by atoms with van der Waals surface area (Å²) in [4.78, 5) is 25.2. The molecule has 114 valence electrons. The number of hydrogen-bond acceptors (Lipinski definition) is 2. The molecule has 0 aliphatic carbocycles. The predicted molar refractivity (Wildman–Crippen MR) is 82.0 cm³/mol. The highest BCUT2D eigenvalue weighted by Crippen LogP contribution is 2.14. The molecule has 21 heavy (non-hydrogen) atoms. The molecule has 1 atom stereocenters. The molecule has 0 bridgehead atoms. The van der Waals surface area contributed by atoms with Gasteiger partial charge in [-0.1, -0.05) is 18.2 Å². The first-order chi connectivity index (χ1) is 10.1. The first-order valence-corrected chi connectivity index (χ1v) is 7.54. The molecule has 1 aliphatic heterocycles. The van der Waals surface area contributed by atoms with Gasteiger partial charge in [0.25, 0.3) is 5.91 Å². The average Bonchev–Trinajstić information content (AvgIpc) is 2.54. The zero-order chi connectivity index (χ0) is 15.2. The standard InChI is InChI=1S/C16H23N3O2/c1-12(15(20)17-2)19-10-8-13(9-11-19)16(21)18-14-6-4-3-5-7-14/h3-7,12-13H,8-11H2,1-2H3,(H,17,20)(H,18,21)/p+1/t12-/m0/s1. The van der Waals surface area contributed by atoms with Crippen molar-refractivity contribution >= 4 is 17.5 Å². The van der Waals surface area contributed by atoms with Gasteiger partial charge in [0.05, 0.1) is 13.1 Å². The van der Waals surface area contributed by atoms with E-state index in [2.05, 4.69) is 10.6 Å². The molecule has 2 amide bonds. The number of benzene rings is 1. The SMILES string of the molecule is CNC(=O)[C@H](C)[NH+]1CCC(C(=O)Nc2ccccc2)CC1. The van der Waals surface area contributed by atoms with Crippen molar-refractivity contribution in [3.8, 4) is 0 Å². The molecule has 1 aromatic rings. The van der Waals surface area contributed by atoms with Gasteiger partial charge in [0.2, 0.25) is 5.91 Å². The number of hydrogen-bond donors (Lipinski definition) is 3. The Labute approximate surface area is 125 Å². The lowest BCUT2D eigenvalue weighted by atomic mass is 9.95. The summed E-state index contributed by atoms with van der Waals surface area (Å²) in [5.41, 5.74) is 0.844. The summed E-state index contributed by atoms with van der Waals surface area (Å²) in [7, 11) is 1.67. The summed E-state index contributed by atoms with van der Waals surface area (Å²) in [6.07, 6.45) is 1.66. The van der Waals surface area contributed by atoms with Crippen LogP contribution in [0.5, 0.6) is 0 Å². The van der Waals surface area contributed by atoms with Gasteiger partial charge < -0.3 is 15.5 Å². The number of likely N-dealkylation sites (N-methyl/N-ethyl adjacent to an activating group) is 1. The molecule has 5 heteroatoms. The Morgan fingerprint density at radius 3 is 2.38 bits per heavy atom. The largest absolute Gasteiger partial charge is 0.354 e. The van der Waals surface area contributed by atoms with Gasteiger partial charge in [-0.3, -0.25) is 9.59 Å². The van der Waals surface area contributed by atoms with Crippen molar-refractivity contribution in [2.45, 2.75) is 25.8 Å². The minimum atomic E-state index is -0.0480. The monoisotopic (exact) mass is 290 g/mol. The van der Waals surface area contributed by atoms with Crippen LogP contribution in [0.25, 0.3) is 0 Å². The summed E-state index contributed by atoms with van der Waals surface area (Å²) in [5, 5.41) is 5.65. The molecule has 1 saturated heterocycles. The van der Waals surface area contributed by atoms with Gasteiger partial charge in [0, 0.05) is 31.5 Å². The predicted octanol–water partition coefficient (Wildman–Crippen LogP) is 0.0545. The number of likely N-dealkylation sites (tertiary alicyclic amines) is 1. The van der Waals surface area contributed by atoms with Crippen LogP contribution < -0.4 is 15.5 Å². The minimum absolute atomic E-state index is 0.0471. The Balaban J connectivity index is 1.83. The highest BCUT2D eigenvalue weighted by Gasteiger charge is 2.32. The molecule has 1 heterocycles. The molecule has 5 nitrogen and oxygen atoms in total. The molecule has 0 saturated carbocycles. The third kappa shape index (κ3) is 4.04. The number of nitrogens with one attached hydrogen (secondary N) is 3. The number of para-hydroxylation sites is 1. The molecule has 1 aromatic carbocycles. The molecule has 0 spiro atoms. The van der Waals surface area contributed by atoms with Gasteiger partial charge in [-0.25, -0.2) is 0 Å². The fourth-order valence-electron chi connectivity index (χ4n) is 2.85. The van der Waals surface area contributed by atoms with E-state index in [0.717, 1.165) is 31.6 Å². The van der Waals surface area contributed by atoms with E-state index < -0.39 is 0 Å². The number of piperidine rings is 1. The summed E-state index contributed by atoms with van der Waals surface area (Å²) < 4.78 is 0. The third-order valence-electron chi connectivity index (χ3n) is 4.29. The molecule has 0 radical (unpaired) electrons. The van der Waals surface area contributed by atoms with Crippen molar-refractivity contribution in [3.05, 3.63) is 30.3 Å². The van der Waals surface area contributed by atoms with Crippen LogP contribution >= 0.6 is 0 Å². The van der Waals surface area contributed by atoms with Crippen LogP contribution in [0.4, 0.5) is 5.69 Å². The van der Waals surface area contributed by atoms with Crippen LogP contribution in [0.2, 0.25) is 0 Å². The smallest absolute Gasteiger partial charge is 0.277 e. The molecule has 2 rings (SSSR count). The van der Waals surface area contributed by atoms with Crippen LogP contribution in [-0.2, 0) is 9.59 Å². The van der Waals surface area contributed by atoms with Gasteiger partial charge in [-0.05, 0) is 19.1 Å². The van der Waals surface area contributed by atoms with Crippen LogP contribution in [0.1, 0.15) is 19.8 Å².